The van der Waals surface area contributed by atoms with Crippen molar-refractivity contribution in [2.45, 2.75) is 25.8 Å². The van der Waals surface area contributed by atoms with E-state index in [1.165, 1.54) is 0 Å². The van der Waals surface area contributed by atoms with Gasteiger partial charge in [0.25, 0.3) is 5.91 Å². The van der Waals surface area contributed by atoms with Crippen LogP contribution in [0.3, 0.4) is 0 Å². The third kappa shape index (κ3) is 5.89. The van der Waals surface area contributed by atoms with Gasteiger partial charge in [-0.15, -0.1) is 0 Å². The van der Waals surface area contributed by atoms with Gasteiger partial charge in [0.05, 0.1) is 30.5 Å². The van der Waals surface area contributed by atoms with Crippen LogP contribution in [0.15, 0.2) is 53.1 Å². The third-order valence-corrected chi connectivity index (χ3v) is 7.43. The van der Waals surface area contributed by atoms with Gasteiger partial charge >= 0.3 is 0 Å². The number of ether oxygens (including phenoxy) is 3. The number of methoxy groups -OCH3 is 2. The molecular formula is C32H34N4O5. The molecule has 9 heteroatoms. The Morgan fingerprint density at radius 3 is 2.71 bits per heavy atom. The molecule has 41 heavy (non-hydrogen) atoms. The summed E-state index contributed by atoms with van der Waals surface area (Å²) in [6, 6.07) is 15.7. The lowest BCUT2D eigenvalue weighted by atomic mass is 9.98. The second-order valence-corrected chi connectivity index (χ2v) is 10.2. The standard InChI is InChI=1S/C32H34N4O5/c1-20-19-34-27-17-29(25-7-5-22(16-28(25)39-4)32(37)36(2)11-14-38-3)41-31(27)30(20)21-6-8-26(23(15-21)18-33)35-24-9-12-40-13-10-24/h5-8,15-17,19,24,35H,9-14H2,1-4H3. The van der Waals surface area contributed by atoms with Crippen molar-refractivity contribution in [2.75, 3.05) is 52.9 Å². The van der Waals surface area contributed by atoms with Crippen LogP contribution in [0, 0.1) is 18.3 Å². The minimum Gasteiger partial charge on any atom is -0.496 e. The number of nitriles is 1. The number of carbonyl (C=O) groups is 1. The highest BCUT2D eigenvalue weighted by molar-refractivity contribution is 5.97. The van der Waals surface area contributed by atoms with E-state index in [4.69, 9.17) is 18.6 Å². The van der Waals surface area contributed by atoms with Crippen LogP contribution in [0.1, 0.15) is 34.3 Å². The first kappa shape index (κ1) is 28.1. The zero-order valence-electron chi connectivity index (χ0n) is 23.8. The van der Waals surface area contributed by atoms with Crippen molar-refractivity contribution < 1.29 is 23.4 Å². The second-order valence-electron chi connectivity index (χ2n) is 10.2. The van der Waals surface area contributed by atoms with E-state index in [0.717, 1.165) is 48.4 Å². The Balaban J connectivity index is 1.50. The molecule has 1 N–H and O–H groups in total. The maximum Gasteiger partial charge on any atom is 0.253 e. The minimum atomic E-state index is -0.126. The molecule has 1 aliphatic heterocycles. The number of amides is 1. The highest BCUT2D eigenvalue weighted by atomic mass is 16.5. The fourth-order valence-corrected chi connectivity index (χ4v) is 5.12. The van der Waals surface area contributed by atoms with Gasteiger partial charge in [0, 0.05) is 63.3 Å². The van der Waals surface area contributed by atoms with E-state index in [1.807, 2.05) is 43.5 Å². The maximum atomic E-state index is 12.9. The van der Waals surface area contributed by atoms with Crippen LogP contribution in [0.4, 0.5) is 5.69 Å². The summed E-state index contributed by atoms with van der Waals surface area (Å²) in [7, 11) is 4.91. The summed E-state index contributed by atoms with van der Waals surface area (Å²) < 4.78 is 22.6. The van der Waals surface area contributed by atoms with Crippen molar-refractivity contribution in [2.24, 2.45) is 0 Å². The average Bonchev–Trinajstić information content (AvgIpc) is 3.44. The van der Waals surface area contributed by atoms with E-state index in [-0.39, 0.29) is 11.9 Å². The predicted molar refractivity (Wildman–Crippen MR) is 157 cm³/mol. The first-order valence-corrected chi connectivity index (χ1v) is 13.6. The average molecular weight is 555 g/mol. The lowest BCUT2D eigenvalue weighted by molar-refractivity contribution is 0.0744. The number of carbonyl (C=O) groups excluding carboxylic acids is 1. The highest BCUT2D eigenvalue weighted by Crippen LogP contribution is 2.39. The number of benzene rings is 2. The lowest BCUT2D eigenvalue weighted by Gasteiger charge is -2.24. The summed E-state index contributed by atoms with van der Waals surface area (Å²) in [5.74, 6) is 0.962. The molecule has 212 valence electrons. The van der Waals surface area contributed by atoms with Crippen LogP contribution in [0.5, 0.6) is 5.75 Å². The number of aryl methyl sites for hydroxylation is 1. The number of hydrogen-bond acceptors (Lipinski definition) is 8. The molecule has 0 radical (unpaired) electrons. The molecule has 3 heterocycles. The van der Waals surface area contributed by atoms with Crippen LogP contribution in [-0.4, -0.2) is 69.5 Å². The molecular weight excluding hydrogens is 520 g/mol. The van der Waals surface area contributed by atoms with Gasteiger partial charge in [-0.2, -0.15) is 5.26 Å². The Morgan fingerprint density at radius 1 is 1.17 bits per heavy atom. The number of likely N-dealkylation sites (N-methyl/N-ethyl adjacent to an activating group) is 1. The first-order chi connectivity index (χ1) is 19.9. The summed E-state index contributed by atoms with van der Waals surface area (Å²) in [4.78, 5) is 19.1. The third-order valence-electron chi connectivity index (χ3n) is 7.43. The fourth-order valence-electron chi connectivity index (χ4n) is 5.12. The van der Waals surface area contributed by atoms with Gasteiger partial charge in [0.15, 0.2) is 5.58 Å². The zero-order valence-corrected chi connectivity index (χ0v) is 23.8. The van der Waals surface area contributed by atoms with E-state index >= 15 is 0 Å². The summed E-state index contributed by atoms with van der Waals surface area (Å²) in [5.41, 5.74) is 6.59. The van der Waals surface area contributed by atoms with Crippen molar-refractivity contribution in [1.82, 2.24) is 9.88 Å². The minimum absolute atomic E-state index is 0.126. The number of fused-ring (bicyclic) bond motifs is 1. The SMILES string of the molecule is COCCN(C)C(=O)c1ccc(-c2cc3ncc(C)c(-c4ccc(NC5CCOCC5)c(C#N)c4)c3o2)c(OC)c1. The Hall–Kier alpha value is -4.39. The maximum absolute atomic E-state index is 12.9. The fraction of sp³-hybridized carbons (Fsp3) is 0.344. The van der Waals surface area contributed by atoms with Gasteiger partial charge < -0.3 is 28.8 Å². The van der Waals surface area contributed by atoms with Crippen molar-refractivity contribution in [3.05, 3.63) is 65.4 Å². The topological polar surface area (TPSA) is 110 Å². The summed E-state index contributed by atoms with van der Waals surface area (Å²) in [5, 5.41) is 13.5. The van der Waals surface area contributed by atoms with E-state index in [9.17, 15) is 10.1 Å². The molecule has 0 bridgehead atoms. The summed E-state index contributed by atoms with van der Waals surface area (Å²) in [6.07, 6.45) is 3.63. The van der Waals surface area contributed by atoms with Gasteiger partial charge in [-0.1, -0.05) is 6.07 Å². The molecule has 1 saturated heterocycles. The second kappa shape index (κ2) is 12.4. The van der Waals surface area contributed by atoms with Crippen molar-refractivity contribution in [3.8, 4) is 34.3 Å². The molecule has 9 nitrogen and oxygen atoms in total. The van der Waals surface area contributed by atoms with Crippen LogP contribution in [0.25, 0.3) is 33.6 Å². The number of hydrogen-bond donors (Lipinski definition) is 1. The van der Waals surface area contributed by atoms with E-state index in [1.54, 1.807) is 38.3 Å². The Labute approximate surface area is 239 Å². The number of rotatable bonds is 9. The van der Waals surface area contributed by atoms with Crippen molar-refractivity contribution >= 4 is 22.7 Å². The molecule has 4 aromatic rings. The van der Waals surface area contributed by atoms with Gasteiger partial charge in [-0.05, 0) is 61.2 Å². The molecule has 1 aliphatic rings. The number of aromatic nitrogens is 1. The van der Waals surface area contributed by atoms with E-state index < -0.39 is 0 Å². The number of anilines is 1. The number of pyridine rings is 1. The molecule has 2 aromatic heterocycles. The smallest absolute Gasteiger partial charge is 0.253 e. The predicted octanol–water partition coefficient (Wildman–Crippen LogP) is 5.66. The molecule has 2 aromatic carbocycles. The molecule has 5 rings (SSSR count). The van der Waals surface area contributed by atoms with Crippen LogP contribution < -0.4 is 10.1 Å². The first-order valence-electron chi connectivity index (χ1n) is 13.6. The molecule has 0 aliphatic carbocycles. The zero-order chi connectivity index (χ0) is 28.9. The highest BCUT2D eigenvalue weighted by Gasteiger charge is 2.21. The molecule has 0 atom stereocenters. The molecule has 1 fully saturated rings. The molecule has 0 unspecified atom stereocenters. The van der Waals surface area contributed by atoms with Gasteiger partial charge in [0.1, 0.15) is 23.1 Å². The monoisotopic (exact) mass is 554 g/mol. The van der Waals surface area contributed by atoms with Gasteiger partial charge in [-0.3, -0.25) is 9.78 Å². The number of furan rings is 1. The number of nitrogens with one attached hydrogen (secondary N) is 1. The van der Waals surface area contributed by atoms with E-state index in [0.29, 0.717) is 52.5 Å². The molecule has 0 spiro atoms. The number of nitrogens with zero attached hydrogens (tertiary/aromatic N) is 3. The van der Waals surface area contributed by atoms with Gasteiger partial charge in [-0.25, -0.2) is 0 Å². The van der Waals surface area contributed by atoms with E-state index in [2.05, 4.69) is 16.4 Å². The van der Waals surface area contributed by atoms with Crippen molar-refractivity contribution in [1.29, 1.82) is 5.26 Å². The van der Waals surface area contributed by atoms with Crippen LogP contribution in [0.2, 0.25) is 0 Å². The normalized spacial score (nSPS) is 13.6. The summed E-state index contributed by atoms with van der Waals surface area (Å²) >= 11 is 0. The largest absolute Gasteiger partial charge is 0.496 e. The Kier molecular flexibility index (Phi) is 8.53. The Bertz CT molecular complexity index is 1600. The van der Waals surface area contributed by atoms with Crippen LogP contribution >= 0.6 is 0 Å². The summed E-state index contributed by atoms with van der Waals surface area (Å²) in [6.45, 7) is 4.36. The van der Waals surface area contributed by atoms with Crippen LogP contribution in [-0.2, 0) is 9.47 Å². The van der Waals surface area contributed by atoms with Gasteiger partial charge in [0.2, 0.25) is 0 Å². The lowest BCUT2D eigenvalue weighted by Crippen LogP contribution is -2.29. The molecule has 1 amide bonds. The Morgan fingerprint density at radius 2 is 1.98 bits per heavy atom. The van der Waals surface area contributed by atoms with Crippen molar-refractivity contribution in [3.63, 3.8) is 0 Å². The molecule has 0 saturated carbocycles. The quantitative estimate of drug-likeness (QED) is 0.282.